The molecule has 24 heavy (non-hydrogen) atoms. The van der Waals surface area contributed by atoms with Crippen LogP contribution in [0, 0.1) is 0 Å². The molecule has 0 aliphatic rings. The van der Waals surface area contributed by atoms with Gasteiger partial charge in [-0.25, -0.2) is 4.98 Å². The summed E-state index contributed by atoms with van der Waals surface area (Å²) in [5.41, 5.74) is 1.04. The lowest BCUT2D eigenvalue weighted by Gasteiger charge is -2.21. The van der Waals surface area contributed by atoms with Gasteiger partial charge < -0.3 is 19.7 Å². The molecule has 1 heterocycles. The summed E-state index contributed by atoms with van der Waals surface area (Å²) in [4.78, 5) is 11.0. The van der Waals surface area contributed by atoms with Crippen LogP contribution in [-0.4, -0.2) is 57.3 Å². The van der Waals surface area contributed by atoms with E-state index >= 15 is 0 Å². The van der Waals surface area contributed by atoms with Crippen molar-refractivity contribution in [2.24, 2.45) is 4.99 Å². The summed E-state index contributed by atoms with van der Waals surface area (Å²) in [7, 11) is 7.28. The molecule has 140 valence electrons. The van der Waals surface area contributed by atoms with Crippen molar-refractivity contribution in [1.29, 1.82) is 0 Å². The Morgan fingerprint density at radius 3 is 2.75 bits per heavy atom. The first-order chi connectivity index (χ1) is 11.1. The summed E-state index contributed by atoms with van der Waals surface area (Å²) in [6.07, 6.45) is 3.42. The number of rotatable bonds is 10. The monoisotopic (exact) mass is 470 g/mol. The number of nitrogens with one attached hydrogen (secondary N) is 1. The highest BCUT2D eigenvalue weighted by Crippen LogP contribution is 2.20. The molecule has 0 aromatic carbocycles. The number of halogens is 1. The first kappa shape index (κ1) is 23.5. The average Bonchev–Trinajstić information content (AvgIpc) is 3.01. The van der Waals surface area contributed by atoms with E-state index in [-0.39, 0.29) is 30.1 Å². The normalized spacial score (nSPS) is 12.6. The molecule has 8 heteroatoms. The smallest absolute Gasteiger partial charge is 0.193 e. The van der Waals surface area contributed by atoms with E-state index in [0.29, 0.717) is 0 Å². The fraction of sp³-hybridized carbons (Fsp3) is 0.750. The molecule has 0 saturated heterocycles. The van der Waals surface area contributed by atoms with Crippen molar-refractivity contribution in [2.75, 3.05) is 41.5 Å². The van der Waals surface area contributed by atoms with Gasteiger partial charge in [-0.05, 0) is 26.2 Å². The molecule has 1 atom stereocenters. The Balaban J connectivity index is 0.00000529. The second kappa shape index (κ2) is 13.8. The minimum absolute atomic E-state index is 0. The fourth-order valence-electron chi connectivity index (χ4n) is 2.13. The molecular formula is C16H31IN4O2S. The van der Waals surface area contributed by atoms with Gasteiger partial charge in [-0.2, -0.15) is 0 Å². The van der Waals surface area contributed by atoms with E-state index in [1.54, 1.807) is 25.6 Å². The van der Waals surface area contributed by atoms with Crippen molar-refractivity contribution in [1.82, 2.24) is 15.2 Å². The van der Waals surface area contributed by atoms with Gasteiger partial charge in [0.1, 0.15) is 11.1 Å². The molecule has 0 amide bonds. The number of unbranched alkanes of at least 4 members (excludes halogenated alkanes) is 2. The van der Waals surface area contributed by atoms with E-state index in [1.807, 2.05) is 21.0 Å². The summed E-state index contributed by atoms with van der Waals surface area (Å²) in [5.74, 6) is 0.895. The molecule has 1 rings (SSSR count). The Bertz CT molecular complexity index is 471. The van der Waals surface area contributed by atoms with Crippen molar-refractivity contribution >= 4 is 41.3 Å². The van der Waals surface area contributed by atoms with Gasteiger partial charge >= 0.3 is 0 Å². The van der Waals surface area contributed by atoms with Crippen LogP contribution in [0.5, 0.6) is 0 Å². The van der Waals surface area contributed by atoms with Crippen molar-refractivity contribution in [3.63, 3.8) is 0 Å². The topological polar surface area (TPSA) is 59.0 Å². The second-order valence-electron chi connectivity index (χ2n) is 5.44. The van der Waals surface area contributed by atoms with Crippen molar-refractivity contribution < 1.29 is 9.47 Å². The van der Waals surface area contributed by atoms with Crippen LogP contribution in [0.4, 0.5) is 0 Å². The zero-order valence-corrected chi connectivity index (χ0v) is 18.5. The van der Waals surface area contributed by atoms with Gasteiger partial charge in [0, 0.05) is 46.8 Å². The van der Waals surface area contributed by atoms with Crippen LogP contribution in [0.25, 0.3) is 0 Å². The number of hydrogen-bond acceptors (Lipinski definition) is 5. The number of aromatic nitrogens is 1. The maximum Gasteiger partial charge on any atom is 0.193 e. The van der Waals surface area contributed by atoms with Gasteiger partial charge in [0.05, 0.1) is 12.2 Å². The lowest BCUT2D eigenvalue weighted by molar-refractivity contribution is 0.119. The SMILES string of the molecule is CN=C(NCCCCCOC)N(C)Cc1csc(C(C)OC)n1.I. The van der Waals surface area contributed by atoms with E-state index in [2.05, 4.69) is 25.6 Å². The van der Waals surface area contributed by atoms with Crippen molar-refractivity contribution in [2.45, 2.75) is 38.8 Å². The standard InChI is InChI=1S/C16H30N4O2S.HI/c1-13(22-5)15-19-14(12-23-15)11-20(3)16(17-2)18-9-7-6-8-10-21-4;/h12-13H,6-11H2,1-5H3,(H,17,18);1H. The molecule has 1 aromatic rings. The number of thiazole rings is 1. The molecule has 0 saturated carbocycles. The molecule has 0 fully saturated rings. The van der Waals surface area contributed by atoms with Crippen LogP contribution in [0.1, 0.15) is 43.0 Å². The quantitative estimate of drug-likeness (QED) is 0.246. The van der Waals surface area contributed by atoms with Crippen LogP contribution in [0.15, 0.2) is 10.4 Å². The van der Waals surface area contributed by atoms with Gasteiger partial charge in [-0.15, -0.1) is 35.3 Å². The highest BCUT2D eigenvalue weighted by atomic mass is 127. The molecule has 1 unspecified atom stereocenters. The van der Waals surface area contributed by atoms with Crippen molar-refractivity contribution in [3.05, 3.63) is 16.1 Å². The Morgan fingerprint density at radius 1 is 1.38 bits per heavy atom. The Hall–Kier alpha value is -0.450. The van der Waals surface area contributed by atoms with Gasteiger partial charge in [0.15, 0.2) is 5.96 Å². The van der Waals surface area contributed by atoms with Crippen LogP contribution >= 0.6 is 35.3 Å². The largest absolute Gasteiger partial charge is 0.385 e. The van der Waals surface area contributed by atoms with E-state index in [0.717, 1.165) is 55.6 Å². The number of ether oxygens (including phenoxy) is 2. The fourth-order valence-corrected chi connectivity index (χ4v) is 2.98. The zero-order valence-electron chi connectivity index (χ0n) is 15.4. The molecular weight excluding hydrogens is 439 g/mol. The predicted molar refractivity (Wildman–Crippen MR) is 112 cm³/mol. The average molecular weight is 470 g/mol. The summed E-state index contributed by atoms with van der Waals surface area (Å²) >= 11 is 1.64. The number of guanidine groups is 1. The van der Waals surface area contributed by atoms with Crippen LogP contribution in [0.2, 0.25) is 0 Å². The van der Waals surface area contributed by atoms with Gasteiger partial charge in [-0.3, -0.25) is 4.99 Å². The maximum absolute atomic E-state index is 5.31. The number of methoxy groups -OCH3 is 2. The number of aliphatic imine (C=N–C) groups is 1. The predicted octanol–water partition coefficient (Wildman–Crippen LogP) is 3.29. The molecule has 0 bridgehead atoms. The van der Waals surface area contributed by atoms with Gasteiger partial charge in [0.2, 0.25) is 0 Å². The second-order valence-corrected chi connectivity index (χ2v) is 6.33. The first-order valence-corrected chi connectivity index (χ1v) is 8.88. The molecule has 1 N–H and O–H groups in total. The molecule has 6 nitrogen and oxygen atoms in total. The summed E-state index contributed by atoms with van der Waals surface area (Å²) in [6.45, 7) is 4.50. The number of hydrogen-bond donors (Lipinski definition) is 1. The van der Waals surface area contributed by atoms with Crippen LogP contribution < -0.4 is 5.32 Å². The number of nitrogens with zero attached hydrogens (tertiary/aromatic N) is 3. The van der Waals surface area contributed by atoms with E-state index < -0.39 is 0 Å². The van der Waals surface area contributed by atoms with E-state index in [9.17, 15) is 0 Å². The first-order valence-electron chi connectivity index (χ1n) is 8.00. The van der Waals surface area contributed by atoms with Crippen LogP contribution in [0.3, 0.4) is 0 Å². The van der Waals surface area contributed by atoms with Gasteiger partial charge in [0.25, 0.3) is 0 Å². The third-order valence-electron chi connectivity index (χ3n) is 3.55. The molecule has 0 radical (unpaired) electrons. The minimum Gasteiger partial charge on any atom is -0.385 e. The van der Waals surface area contributed by atoms with E-state index in [1.165, 1.54) is 0 Å². The van der Waals surface area contributed by atoms with Crippen molar-refractivity contribution in [3.8, 4) is 0 Å². The zero-order chi connectivity index (χ0) is 17.1. The Labute approximate surface area is 167 Å². The highest BCUT2D eigenvalue weighted by Gasteiger charge is 2.12. The molecule has 0 aliphatic heterocycles. The molecule has 0 spiro atoms. The minimum atomic E-state index is 0. The summed E-state index contributed by atoms with van der Waals surface area (Å²) in [5, 5.41) is 6.49. The molecule has 1 aromatic heterocycles. The highest BCUT2D eigenvalue weighted by molar-refractivity contribution is 14.0. The van der Waals surface area contributed by atoms with E-state index in [4.69, 9.17) is 9.47 Å². The Kier molecular flexibility index (Phi) is 13.5. The molecule has 0 aliphatic carbocycles. The summed E-state index contributed by atoms with van der Waals surface area (Å²) in [6, 6.07) is 0. The third-order valence-corrected chi connectivity index (χ3v) is 4.61. The summed E-state index contributed by atoms with van der Waals surface area (Å²) < 4.78 is 10.4. The Morgan fingerprint density at radius 2 is 2.12 bits per heavy atom. The maximum atomic E-state index is 5.31. The van der Waals surface area contributed by atoms with Crippen LogP contribution in [-0.2, 0) is 16.0 Å². The lowest BCUT2D eigenvalue weighted by atomic mass is 10.2. The lowest BCUT2D eigenvalue weighted by Crippen LogP contribution is -2.38. The van der Waals surface area contributed by atoms with Gasteiger partial charge in [-0.1, -0.05) is 0 Å². The third kappa shape index (κ3) is 8.59.